The summed E-state index contributed by atoms with van der Waals surface area (Å²) in [5, 5.41) is 13.9. The minimum Gasteiger partial charge on any atom is -0.387 e. The summed E-state index contributed by atoms with van der Waals surface area (Å²) in [5.41, 5.74) is 11.7. The van der Waals surface area contributed by atoms with E-state index in [1.807, 2.05) is 17.9 Å². The number of hydrogen-bond donors (Lipinski definition) is 3. The third-order valence-corrected chi connectivity index (χ3v) is 7.95. The SMILES string of the molecule is CCc1c(C2CC3CCC(C2)N3C(=O)CO)nc2c(-c3ccc(-c4ncc(C)[nH]4)c(F)c3)cnn2c1N. The van der Waals surface area contributed by atoms with Gasteiger partial charge in [-0.3, -0.25) is 4.79 Å². The number of aryl methyl sites for hydroxylation is 1. The first kappa shape index (κ1) is 23.6. The van der Waals surface area contributed by atoms with Crippen molar-refractivity contribution in [1.82, 2.24) is 29.5 Å². The molecule has 2 atom stereocenters. The summed E-state index contributed by atoms with van der Waals surface area (Å²) in [7, 11) is 0. The van der Waals surface area contributed by atoms with Crippen LogP contribution in [0.15, 0.2) is 30.6 Å². The van der Waals surface area contributed by atoms with Crippen molar-refractivity contribution < 1.29 is 14.3 Å². The first-order chi connectivity index (χ1) is 17.9. The zero-order valence-corrected chi connectivity index (χ0v) is 20.9. The van der Waals surface area contributed by atoms with E-state index in [4.69, 9.17) is 10.7 Å². The number of carbonyl (C=O) groups is 1. The van der Waals surface area contributed by atoms with E-state index in [1.165, 1.54) is 6.07 Å². The lowest BCUT2D eigenvalue weighted by Gasteiger charge is -2.39. The zero-order valence-electron chi connectivity index (χ0n) is 20.9. The average molecular weight is 504 g/mol. The van der Waals surface area contributed by atoms with Gasteiger partial charge >= 0.3 is 0 Å². The van der Waals surface area contributed by atoms with Gasteiger partial charge in [-0.1, -0.05) is 13.0 Å². The molecule has 3 aromatic heterocycles. The molecule has 2 fully saturated rings. The summed E-state index contributed by atoms with van der Waals surface area (Å²) >= 11 is 0. The third kappa shape index (κ3) is 3.78. The molecule has 6 rings (SSSR count). The molecule has 0 spiro atoms. The van der Waals surface area contributed by atoms with E-state index in [2.05, 4.69) is 22.0 Å². The number of aliphatic hydroxyl groups excluding tert-OH is 1. The smallest absolute Gasteiger partial charge is 0.248 e. The lowest BCUT2D eigenvalue weighted by atomic mass is 9.85. The van der Waals surface area contributed by atoms with Crippen LogP contribution in [0.3, 0.4) is 0 Å². The molecule has 2 saturated heterocycles. The van der Waals surface area contributed by atoms with Gasteiger partial charge < -0.3 is 20.7 Å². The number of rotatable bonds is 5. The molecule has 2 unspecified atom stereocenters. The van der Waals surface area contributed by atoms with Crippen LogP contribution >= 0.6 is 0 Å². The number of aromatic nitrogens is 5. The second kappa shape index (κ2) is 8.95. The predicted molar refractivity (Wildman–Crippen MR) is 137 cm³/mol. The number of fused-ring (bicyclic) bond motifs is 3. The van der Waals surface area contributed by atoms with Crippen LogP contribution in [-0.2, 0) is 11.2 Å². The van der Waals surface area contributed by atoms with Crippen molar-refractivity contribution in [1.29, 1.82) is 0 Å². The van der Waals surface area contributed by atoms with Gasteiger partial charge in [0.15, 0.2) is 5.65 Å². The number of amides is 1. The normalized spacial score (nSPS) is 21.2. The Balaban J connectivity index is 1.40. The maximum atomic E-state index is 15.1. The van der Waals surface area contributed by atoms with Crippen LogP contribution in [0.5, 0.6) is 0 Å². The molecule has 37 heavy (non-hydrogen) atoms. The van der Waals surface area contributed by atoms with E-state index in [9.17, 15) is 9.90 Å². The molecular formula is C27H30FN7O2. The van der Waals surface area contributed by atoms with Gasteiger partial charge in [-0.15, -0.1) is 0 Å². The average Bonchev–Trinajstić information content (AvgIpc) is 3.59. The minimum absolute atomic E-state index is 0.101. The van der Waals surface area contributed by atoms with Crippen molar-refractivity contribution in [2.45, 2.75) is 64.0 Å². The standard InChI is InChI=1S/C27H30FN7O2/c1-3-19-24(16-8-17-5-6-18(9-16)34(17)23(37)13-36)33-27-21(12-31-35(27)25(19)29)15-4-7-20(22(28)10-15)26-30-11-14(2)32-26/h4,7,10-12,16-18,36H,3,5-6,8-9,13,29H2,1-2H3,(H,30,32). The molecule has 4 N–H and O–H groups in total. The Kier molecular flexibility index (Phi) is 5.71. The number of aliphatic hydroxyl groups is 1. The number of nitrogens with one attached hydrogen (secondary N) is 1. The van der Waals surface area contributed by atoms with Crippen molar-refractivity contribution in [3.63, 3.8) is 0 Å². The van der Waals surface area contributed by atoms with Crippen LogP contribution in [-0.4, -0.2) is 59.2 Å². The first-order valence-electron chi connectivity index (χ1n) is 12.8. The number of imidazole rings is 1. The Hall–Kier alpha value is -3.79. The molecule has 9 nitrogen and oxygen atoms in total. The largest absolute Gasteiger partial charge is 0.387 e. The number of benzene rings is 1. The van der Waals surface area contributed by atoms with Gasteiger partial charge in [0.05, 0.1) is 17.5 Å². The fourth-order valence-corrected chi connectivity index (χ4v) is 6.28. The number of hydrogen-bond acceptors (Lipinski definition) is 6. The Morgan fingerprint density at radius 1 is 1.22 bits per heavy atom. The number of H-pyrrole nitrogens is 1. The number of halogens is 1. The van der Waals surface area contributed by atoms with E-state index >= 15 is 4.39 Å². The molecule has 0 saturated carbocycles. The zero-order chi connectivity index (χ0) is 25.8. The molecule has 5 heterocycles. The van der Waals surface area contributed by atoms with Crippen molar-refractivity contribution >= 4 is 17.4 Å². The minimum atomic E-state index is -0.455. The number of anilines is 1. The van der Waals surface area contributed by atoms with E-state index in [1.54, 1.807) is 23.0 Å². The number of nitrogens with two attached hydrogens (primary N) is 1. The van der Waals surface area contributed by atoms with Crippen LogP contribution in [0, 0.1) is 12.7 Å². The molecule has 10 heteroatoms. The Morgan fingerprint density at radius 2 is 1.97 bits per heavy atom. The number of piperidine rings is 1. The Labute approximate surface area is 213 Å². The summed E-state index contributed by atoms with van der Waals surface area (Å²) in [5.74, 6) is 0.587. The van der Waals surface area contributed by atoms with Gasteiger partial charge in [-0.05, 0) is 56.7 Å². The van der Waals surface area contributed by atoms with Crippen molar-refractivity contribution in [2.24, 2.45) is 0 Å². The summed E-state index contributed by atoms with van der Waals surface area (Å²) in [4.78, 5) is 26.6. The fraction of sp³-hybridized carbons (Fsp3) is 0.407. The van der Waals surface area contributed by atoms with Crippen molar-refractivity contribution in [3.05, 3.63) is 53.4 Å². The monoisotopic (exact) mass is 503 g/mol. The Bertz CT molecular complexity index is 1500. The van der Waals surface area contributed by atoms with Crippen LogP contribution in [0.4, 0.5) is 10.2 Å². The number of carbonyl (C=O) groups excluding carboxylic acids is 1. The molecule has 0 aliphatic carbocycles. The third-order valence-electron chi connectivity index (χ3n) is 7.95. The molecule has 2 aliphatic heterocycles. The van der Waals surface area contributed by atoms with Crippen LogP contribution in [0.1, 0.15) is 55.5 Å². The second-order valence-electron chi connectivity index (χ2n) is 10.1. The van der Waals surface area contributed by atoms with E-state index in [0.29, 0.717) is 40.4 Å². The van der Waals surface area contributed by atoms with Gasteiger partial charge in [-0.2, -0.15) is 9.61 Å². The highest BCUT2D eigenvalue weighted by Gasteiger charge is 2.44. The van der Waals surface area contributed by atoms with Crippen molar-refractivity contribution in [3.8, 4) is 22.5 Å². The predicted octanol–water partition coefficient (Wildman–Crippen LogP) is 3.61. The molecule has 2 bridgehead atoms. The van der Waals surface area contributed by atoms with Crippen LogP contribution in [0.2, 0.25) is 0 Å². The summed E-state index contributed by atoms with van der Waals surface area (Å²) in [6.45, 7) is 3.47. The molecule has 192 valence electrons. The van der Waals surface area contributed by atoms with E-state index in [0.717, 1.165) is 42.6 Å². The van der Waals surface area contributed by atoms with E-state index < -0.39 is 6.61 Å². The van der Waals surface area contributed by atoms with Gasteiger partial charge in [0.2, 0.25) is 5.91 Å². The molecule has 1 amide bonds. The number of aromatic amines is 1. The van der Waals surface area contributed by atoms with Gasteiger partial charge in [-0.25, -0.2) is 14.4 Å². The fourth-order valence-electron chi connectivity index (χ4n) is 6.28. The summed E-state index contributed by atoms with van der Waals surface area (Å²) in [6.07, 6.45) is 7.50. The summed E-state index contributed by atoms with van der Waals surface area (Å²) in [6, 6.07) is 5.24. The first-order valence-corrected chi connectivity index (χ1v) is 12.8. The molecule has 0 radical (unpaired) electrons. The number of nitrogens with zero attached hydrogens (tertiary/aromatic N) is 5. The summed E-state index contributed by atoms with van der Waals surface area (Å²) < 4.78 is 16.8. The van der Waals surface area contributed by atoms with Gasteiger partial charge in [0, 0.05) is 41.0 Å². The maximum Gasteiger partial charge on any atom is 0.248 e. The molecule has 1 aromatic carbocycles. The number of nitrogen functional groups attached to an aromatic ring is 1. The quantitative estimate of drug-likeness (QED) is 0.382. The molecular weight excluding hydrogens is 473 g/mol. The van der Waals surface area contributed by atoms with E-state index in [-0.39, 0.29) is 29.7 Å². The highest BCUT2D eigenvalue weighted by atomic mass is 19.1. The lowest BCUT2D eigenvalue weighted by molar-refractivity contribution is -0.138. The topological polar surface area (TPSA) is 125 Å². The van der Waals surface area contributed by atoms with Gasteiger partial charge in [0.25, 0.3) is 0 Å². The van der Waals surface area contributed by atoms with Crippen molar-refractivity contribution in [2.75, 3.05) is 12.3 Å². The van der Waals surface area contributed by atoms with Gasteiger partial charge in [0.1, 0.15) is 24.1 Å². The lowest BCUT2D eigenvalue weighted by Crippen LogP contribution is -2.47. The van der Waals surface area contributed by atoms with Crippen LogP contribution < -0.4 is 5.73 Å². The molecule has 4 aromatic rings. The maximum absolute atomic E-state index is 15.1. The molecule has 2 aliphatic rings. The Morgan fingerprint density at radius 3 is 2.59 bits per heavy atom. The highest BCUT2D eigenvalue weighted by Crippen LogP contribution is 2.44. The second-order valence-corrected chi connectivity index (χ2v) is 10.1. The van der Waals surface area contributed by atoms with Crippen LogP contribution in [0.25, 0.3) is 28.2 Å². The highest BCUT2D eigenvalue weighted by molar-refractivity contribution is 5.80.